The Morgan fingerprint density at radius 2 is 1.55 bits per heavy atom. The fourth-order valence-corrected chi connectivity index (χ4v) is 3.90. The van der Waals surface area contributed by atoms with Gasteiger partial charge in [0.25, 0.3) is 5.91 Å². The molecule has 176 valence electrons. The molecule has 0 aliphatic carbocycles. The van der Waals surface area contributed by atoms with Crippen LogP contribution < -0.4 is 21.3 Å². The standard InChI is InChI=1S/C26H34N4O3/c1-17(28-25(33)19-5-7-20(8-6-19)26(2,3)4)24(32)29-21-9-11-22(12-10-21)30-15-13-18(14-16-30)23(27)31/h5-12,17-18H,13-16H2,1-4H3,(H2,27,31)(H,28,33)(H,29,32). The molecule has 0 bridgehead atoms. The van der Waals surface area contributed by atoms with Crippen LogP contribution in [0.15, 0.2) is 48.5 Å². The monoisotopic (exact) mass is 450 g/mol. The van der Waals surface area contributed by atoms with Crippen LogP contribution in [0.1, 0.15) is 56.5 Å². The second kappa shape index (κ2) is 10.1. The van der Waals surface area contributed by atoms with E-state index in [-0.39, 0.29) is 29.1 Å². The minimum absolute atomic E-state index is 0.0116. The van der Waals surface area contributed by atoms with Gasteiger partial charge < -0.3 is 21.3 Å². The quantitative estimate of drug-likeness (QED) is 0.627. The van der Waals surface area contributed by atoms with Gasteiger partial charge in [-0.25, -0.2) is 0 Å². The number of nitrogens with zero attached hydrogens (tertiary/aromatic N) is 1. The smallest absolute Gasteiger partial charge is 0.251 e. The normalized spacial score (nSPS) is 15.6. The number of anilines is 2. The van der Waals surface area contributed by atoms with Crippen LogP contribution in [-0.2, 0) is 15.0 Å². The molecule has 0 radical (unpaired) electrons. The first-order chi connectivity index (χ1) is 15.5. The SMILES string of the molecule is CC(NC(=O)c1ccc(C(C)(C)C)cc1)C(=O)Nc1ccc(N2CCC(C(N)=O)CC2)cc1. The van der Waals surface area contributed by atoms with E-state index in [2.05, 4.69) is 36.3 Å². The average molecular weight is 451 g/mol. The molecule has 1 fully saturated rings. The molecular formula is C26H34N4O3. The Labute approximate surface area is 195 Å². The van der Waals surface area contributed by atoms with Crippen molar-refractivity contribution in [2.24, 2.45) is 11.7 Å². The minimum atomic E-state index is -0.688. The number of primary amides is 1. The Morgan fingerprint density at radius 3 is 2.06 bits per heavy atom. The van der Waals surface area contributed by atoms with Crippen molar-refractivity contribution in [2.75, 3.05) is 23.3 Å². The van der Waals surface area contributed by atoms with Gasteiger partial charge in [0.2, 0.25) is 11.8 Å². The lowest BCUT2D eigenvalue weighted by atomic mass is 9.86. The van der Waals surface area contributed by atoms with Gasteiger partial charge in [0.15, 0.2) is 0 Å². The Hall–Kier alpha value is -3.35. The van der Waals surface area contributed by atoms with E-state index >= 15 is 0 Å². The first-order valence-corrected chi connectivity index (χ1v) is 11.4. The highest BCUT2D eigenvalue weighted by Crippen LogP contribution is 2.25. The topological polar surface area (TPSA) is 105 Å². The van der Waals surface area contributed by atoms with Crippen molar-refractivity contribution in [1.29, 1.82) is 0 Å². The summed E-state index contributed by atoms with van der Waals surface area (Å²) < 4.78 is 0. The lowest BCUT2D eigenvalue weighted by Gasteiger charge is -2.32. The van der Waals surface area contributed by atoms with E-state index in [1.54, 1.807) is 19.1 Å². The summed E-state index contributed by atoms with van der Waals surface area (Å²) in [5, 5.41) is 5.60. The van der Waals surface area contributed by atoms with Crippen molar-refractivity contribution in [3.63, 3.8) is 0 Å². The number of amides is 3. The predicted molar refractivity (Wildman–Crippen MR) is 131 cm³/mol. The zero-order valence-electron chi connectivity index (χ0n) is 19.9. The highest BCUT2D eigenvalue weighted by Gasteiger charge is 2.23. The van der Waals surface area contributed by atoms with Gasteiger partial charge in [-0.05, 0) is 67.1 Å². The number of carbonyl (C=O) groups excluding carboxylic acids is 3. The van der Waals surface area contributed by atoms with Crippen LogP contribution in [0.5, 0.6) is 0 Å². The third-order valence-corrected chi connectivity index (χ3v) is 6.15. The largest absolute Gasteiger partial charge is 0.371 e. The molecular weight excluding hydrogens is 416 g/mol. The number of hydrogen-bond acceptors (Lipinski definition) is 4. The van der Waals surface area contributed by atoms with Gasteiger partial charge in [0.1, 0.15) is 6.04 Å². The van der Waals surface area contributed by atoms with Crippen molar-refractivity contribution < 1.29 is 14.4 Å². The summed E-state index contributed by atoms with van der Waals surface area (Å²) in [7, 11) is 0. The van der Waals surface area contributed by atoms with Crippen LogP contribution in [0.3, 0.4) is 0 Å². The molecule has 0 spiro atoms. The molecule has 1 unspecified atom stereocenters. The van der Waals surface area contributed by atoms with Crippen molar-refractivity contribution >= 4 is 29.1 Å². The van der Waals surface area contributed by atoms with E-state index in [4.69, 9.17) is 5.73 Å². The molecule has 1 saturated heterocycles. The van der Waals surface area contributed by atoms with Gasteiger partial charge in [-0.3, -0.25) is 14.4 Å². The number of hydrogen-bond donors (Lipinski definition) is 3. The van der Waals surface area contributed by atoms with E-state index in [1.807, 2.05) is 36.4 Å². The van der Waals surface area contributed by atoms with E-state index < -0.39 is 6.04 Å². The van der Waals surface area contributed by atoms with Crippen LogP contribution in [0, 0.1) is 5.92 Å². The number of benzene rings is 2. The minimum Gasteiger partial charge on any atom is -0.371 e. The number of rotatable bonds is 6. The summed E-state index contributed by atoms with van der Waals surface area (Å²) in [4.78, 5) is 38.6. The van der Waals surface area contributed by atoms with Crippen LogP contribution in [0.25, 0.3) is 0 Å². The summed E-state index contributed by atoms with van der Waals surface area (Å²) in [6, 6.07) is 14.3. The molecule has 1 aliphatic rings. The number of nitrogens with two attached hydrogens (primary N) is 1. The van der Waals surface area contributed by atoms with Gasteiger partial charge in [-0.15, -0.1) is 0 Å². The van der Waals surface area contributed by atoms with Crippen LogP contribution in [0.4, 0.5) is 11.4 Å². The highest BCUT2D eigenvalue weighted by molar-refractivity contribution is 6.01. The summed E-state index contributed by atoms with van der Waals surface area (Å²) in [5.74, 6) is -0.846. The molecule has 3 amide bonds. The maximum atomic E-state index is 12.6. The molecule has 7 nitrogen and oxygen atoms in total. The molecule has 4 N–H and O–H groups in total. The summed E-state index contributed by atoms with van der Waals surface area (Å²) in [6.07, 6.45) is 1.51. The van der Waals surface area contributed by atoms with Crippen LogP contribution in [-0.4, -0.2) is 36.9 Å². The molecule has 1 heterocycles. The maximum absolute atomic E-state index is 12.6. The second-order valence-electron chi connectivity index (χ2n) is 9.72. The van der Waals surface area contributed by atoms with E-state index in [1.165, 1.54) is 0 Å². The van der Waals surface area contributed by atoms with E-state index in [9.17, 15) is 14.4 Å². The predicted octanol–water partition coefficient (Wildman–Crippen LogP) is 3.44. The highest BCUT2D eigenvalue weighted by atomic mass is 16.2. The molecule has 0 saturated carbocycles. The fourth-order valence-electron chi connectivity index (χ4n) is 3.90. The van der Waals surface area contributed by atoms with Gasteiger partial charge in [-0.1, -0.05) is 32.9 Å². The van der Waals surface area contributed by atoms with Gasteiger partial charge in [0.05, 0.1) is 0 Å². The number of nitrogens with one attached hydrogen (secondary N) is 2. The lowest BCUT2D eigenvalue weighted by molar-refractivity contribution is -0.122. The van der Waals surface area contributed by atoms with Crippen molar-refractivity contribution in [3.8, 4) is 0 Å². The molecule has 1 aliphatic heterocycles. The van der Waals surface area contributed by atoms with Crippen LogP contribution in [0.2, 0.25) is 0 Å². The van der Waals surface area contributed by atoms with E-state index in [0.29, 0.717) is 11.3 Å². The summed E-state index contributed by atoms with van der Waals surface area (Å²) >= 11 is 0. The zero-order valence-corrected chi connectivity index (χ0v) is 19.9. The number of piperidine rings is 1. The van der Waals surface area contributed by atoms with Crippen molar-refractivity contribution in [3.05, 3.63) is 59.7 Å². The van der Waals surface area contributed by atoms with Crippen LogP contribution >= 0.6 is 0 Å². The summed E-state index contributed by atoms with van der Waals surface area (Å²) in [5.41, 5.74) is 8.78. The number of carbonyl (C=O) groups is 3. The molecule has 1 atom stereocenters. The third kappa shape index (κ3) is 6.34. The zero-order chi connectivity index (χ0) is 24.2. The molecule has 3 rings (SSSR count). The molecule has 2 aromatic carbocycles. The average Bonchev–Trinajstić information content (AvgIpc) is 2.79. The van der Waals surface area contributed by atoms with Gasteiger partial charge in [0, 0.05) is 35.9 Å². The third-order valence-electron chi connectivity index (χ3n) is 6.15. The molecule has 0 aromatic heterocycles. The molecule has 7 heteroatoms. The first-order valence-electron chi connectivity index (χ1n) is 11.4. The first kappa shape index (κ1) is 24.3. The second-order valence-corrected chi connectivity index (χ2v) is 9.72. The molecule has 33 heavy (non-hydrogen) atoms. The molecule has 2 aromatic rings. The van der Waals surface area contributed by atoms with Gasteiger partial charge in [-0.2, -0.15) is 0 Å². The Bertz CT molecular complexity index is 986. The van der Waals surface area contributed by atoms with Gasteiger partial charge >= 0.3 is 0 Å². The van der Waals surface area contributed by atoms with Crippen molar-refractivity contribution in [2.45, 2.75) is 52.0 Å². The Morgan fingerprint density at radius 1 is 0.970 bits per heavy atom. The Balaban J connectivity index is 1.52. The van der Waals surface area contributed by atoms with Crippen molar-refractivity contribution in [1.82, 2.24) is 5.32 Å². The van der Waals surface area contributed by atoms with E-state index in [0.717, 1.165) is 37.2 Å². The lowest BCUT2D eigenvalue weighted by Crippen LogP contribution is -2.41. The summed E-state index contributed by atoms with van der Waals surface area (Å²) in [6.45, 7) is 9.57. The Kier molecular flexibility index (Phi) is 7.41. The fraction of sp³-hybridized carbons (Fsp3) is 0.423. The maximum Gasteiger partial charge on any atom is 0.251 e.